The number of aromatic amines is 1. The molecule has 4 atom stereocenters. The quantitative estimate of drug-likeness (QED) is 0.239. The molecule has 0 saturated carbocycles. The van der Waals surface area contributed by atoms with Crippen molar-refractivity contribution in [3.05, 3.63) is 76.3 Å². The molecule has 7 rings (SSSR count). The molecule has 4 aromatic carbocycles. The first-order chi connectivity index (χ1) is 16.4. The molecule has 4 unspecified atom stereocenters. The number of anilines is 1. The molecule has 0 spiro atoms. The second-order valence-electron chi connectivity index (χ2n) is 8.88. The molecule has 0 saturated heterocycles. The summed E-state index contributed by atoms with van der Waals surface area (Å²) in [6, 6.07) is 15.1. The van der Waals surface area contributed by atoms with Gasteiger partial charge in [-0.2, -0.15) is 4.98 Å². The van der Waals surface area contributed by atoms with Crippen molar-refractivity contribution in [1.29, 1.82) is 0 Å². The minimum Gasteiger partial charge on any atom is -0.388 e. The first-order valence-electron chi connectivity index (χ1n) is 10.9. The van der Waals surface area contributed by atoms with E-state index in [0.717, 1.165) is 32.3 Å². The van der Waals surface area contributed by atoms with E-state index in [0.29, 0.717) is 11.1 Å². The monoisotopic (exact) mass is 453 g/mol. The summed E-state index contributed by atoms with van der Waals surface area (Å²) >= 11 is 0. The van der Waals surface area contributed by atoms with Crippen molar-refractivity contribution in [2.24, 2.45) is 0 Å². The molecule has 6 aromatic rings. The fourth-order valence-corrected chi connectivity index (χ4v) is 5.64. The minimum absolute atomic E-state index is 0.0641. The Morgan fingerprint density at radius 3 is 2.47 bits per heavy atom. The summed E-state index contributed by atoms with van der Waals surface area (Å²) in [5.41, 5.74) is 6.55. The van der Waals surface area contributed by atoms with E-state index >= 15 is 0 Å². The van der Waals surface area contributed by atoms with Crippen LogP contribution >= 0.6 is 0 Å². The van der Waals surface area contributed by atoms with E-state index in [4.69, 9.17) is 5.73 Å². The van der Waals surface area contributed by atoms with E-state index in [-0.39, 0.29) is 17.1 Å². The molecule has 168 valence electrons. The Morgan fingerprint density at radius 2 is 1.68 bits per heavy atom. The smallest absolute Gasteiger partial charge is 0.278 e. The molecular formula is C25H19N5O4. The van der Waals surface area contributed by atoms with Gasteiger partial charge in [-0.1, -0.05) is 42.5 Å². The minimum atomic E-state index is -1.47. The second-order valence-corrected chi connectivity index (χ2v) is 8.88. The van der Waals surface area contributed by atoms with E-state index in [1.807, 2.05) is 48.5 Å². The molecule has 1 aliphatic carbocycles. The number of aliphatic hydroxyl groups is 3. The largest absolute Gasteiger partial charge is 0.388 e. The Morgan fingerprint density at radius 1 is 0.941 bits per heavy atom. The summed E-state index contributed by atoms with van der Waals surface area (Å²) in [4.78, 5) is 23.6. The van der Waals surface area contributed by atoms with Crippen LogP contribution in [0.1, 0.15) is 23.3 Å². The van der Waals surface area contributed by atoms with Gasteiger partial charge in [-0.05, 0) is 49.5 Å². The lowest BCUT2D eigenvalue weighted by atomic mass is 9.77. The predicted octanol–water partition coefficient (Wildman–Crippen LogP) is 1.96. The highest BCUT2D eigenvalue weighted by molar-refractivity contribution is 6.24. The second kappa shape index (κ2) is 6.51. The van der Waals surface area contributed by atoms with Gasteiger partial charge in [0.15, 0.2) is 11.2 Å². The van der Waals surface area contributed by atoms with Crippen LogP contribution in [0.2, 0.25) is 0 Å². The topological polar surface area (TPSA) is 150 Å². The van der Waals surface area contributed by atoms with Crippen molar-refractivity contribution >= 4 is 49.4 Å². The number of rotatable bonds is 1. The molecule has 0 fully saturated rings. The zero-order valence-corrected chi connectivity index (χ0v) is 17.7. The van der Waals surface area contributed by atoms with Crippen LogP contribution in [0.25, 0.3) is 43.5 Å². The molecule has 2 aromatic heterocycles. The number of benzene rings is 4. The molecule has 6 N–H and O–H groups in total. The number of hydrogen-bond donors (Lipinski definition) is 5. The normalized spacial score (nSPS) is 22.8. The molecule has 0 amide bonds. The number of nitrogens with zero attached hydrogens (tertiary/aromatic N) is 3. The van der Waals surface area contributed by atoms with E-state index in [9.17, 15) is 20.1 Å². The fraction of sp³-hybridized carbons (Fsp3) is 0.160. The van der Waals surface area contributed by atoms with Gasteiger partial charge in [0.1, 0.15) is 18.3 Å². The highest BCUT2D eigenvalue weighted by Crippen LogP contribution is 2.47. The molecule has 9 nitrogen and oxygen atoms in total. The molecule has 0 bridgehead atoms. The number of H-pyrrole nitrogens is 1. The Kier molecular flexibility index (Phi) is 3.72. The summed E-state index contributed by atoms with van der Waals surface area (Å²) in [5, 5.41) is 39.0. The van der Waals surface area contributed by atoms with Gasteiger partial charge in [0.05, 0.1) is 12.4 Å². The molecule has 2 heterocycles. The Labute approximate surface area is 191 Å². The standard InChI is InChI=1S/C25H19N5O4/c26-25-28-23-19(24(34)29-25)30(9-27-23)18-17-13-7-6-11-3-1-2-10-4-5-12(16(13)15(10)11)8-14(17)20(31)22(33)21(18)32/h1-9,18,20-22,31-33H,(H3,26,28,29,34). The Hall–Kier alpha value is -4.05. The number of imidazole rings is 1. The summed E-state index contributed by atoms with van der Waals surface area (Å²) in [5.74, 6) is -0.0641. The Balaban J connectivity index is 1.64. The summed E-state index contributed by atoms with van der Waals surface area (Å²) < 4.78 is 1.51. The van der Waals surface area contributed by atoms with Crippen LogP contribution in [0, 0.1) is 0 Å². The highest BCUT2D eigenvalue weighted by Gasteiger charge is 2.43. The Bertz CT molecular complexity index is 1810. The molecule has 34 heavy (non-hydrogen) atoms. The number of hydrogen-bond acceptors (Lipinski definition) is 7. The number of aromatic nitrogens is 4. The lowest BCUT2D eigenvalue weighted by Crippen LogP contribution is -2.44. The lowest BCUT2D eigenvalue weighted by molar-refractivity contribution is -0.0834. The maximum atomic E-state index is 12.8. The summed E-state index contributed by atoms with van der Waals surface area (Å²) in [7, 11) is 0. The molecule has 9 heteroatoms. The van der Waals surface area contributed by atoms with Crippen molar-refractivity contribution in [3.8, 4) is 0 Å². The number of nitrogens with one attached hydrogen (secondary N) is 1. The van der Waals surface area contributed by atoms with Crippen molar-refractivity contribution in [2.45, 2.75) is 24.4 Å². The zero-order chi connectivity index (χ0) is 23.3. The van der Waals surface area contributed by atoms with Gasteiger partial charge in [0, 0.05) is 0 Å². The van der Waals surface area contributed by atoms with Gasteiger partial charge >= 0.3 is 0 Å². The van der Waals surface area contributed by atoms with Crippen LogP contribution in [-0.4, -0.2) is 47.0 Å². The first kappa shape index (κ1) is 19.4. The third-order valence-corrected chi connectivity index (χ3v) is 7.09. The molecule has 0 aliphatic heterocycles. The van der Waals surface area contributed by atoms with E-state index in [1.54, 1.807) is 0 Å². The SMILES string of the molecule is Nc1nc2ncn(C3c4c(cc5ccc6cccc7ccc4c5c67)C(O)C(O)C3O)c2c(=O)[nH]1. The van der Waals surface area contributed by atoms with E-state index in [1.165, 1.54) is 10.9 Å². The van der Waals surface area contributed by atoms with Crippen molar-refractivity contribution < 1.29 is 15.3 Å². The molecule has 1 aliphatic rings. The van der Waals surface area contributed by atoms with Gasteiger partial charge in [0.25, 0.3) is 5.56 Å². The molecular weight excluding hydrogens is 434 g/mol. The maximum absolute atomic E-state index is 12.8. The zero-order valence-electron chi connectivity index (χ0n) is 17.7. The van der Waals surface area contributed by atoms with Gasteiger partial charge < -0.3 is 25.6 Å². The first-order valence-corrected chi connectivity index (χ1v) is 10.9. The van der Waals surface area contributed by atoms with Crippen LogP contribution in [0.4, 0.5) is 5.95 Å². The van der Waals surface area contributed by atoms with E-state index < -0.39 is 29.9 Å². The van der Waals surface area contributed by atoms with Gasteiger partial charge in [0.2, 0.25) is 5.95 Å². The predicted molar refractivity (Wildman–Crippen MR) is 128 cm³/mol. The van der Waals surface area contributed by atoms with Gasteiger partial charge in [-0.15, -0.1) is 0 Å². The maximum Gasteiger partial charge on any atom is 0.278 e. The van der Waals surface area contributed by atoms with Gasteiger partial charge in [-0.3, -0.25) is 9.78 Å². The highest BCUT2D eigenvalue weighted by atomic mass is 16.4. The number of aliphatic hydroxyl groups excluding tert-OH is 3. The molecule has 0 radical (unpaired) electrons. The van der Waals surface area contributed by atoms with Crippen LogP contribution in [0.5, 0.6) is 0 Å². The summed E-state index contributed by atoms with van der Waals surface area (Å²) in [6.45, 7) is 0. The van der Waals surface area contributed by atoms with E-state index in [2.05, 4.69) is 15.0 Å². The average molecular weight is 453 g/mol. The van der Waals surface area contributed by atoms with Gasteiger partial charge in [-0.25, -0.2) is 4.98 Å². The van der Waals surface area contributed by atoms with Crippen LogP contribution in [-0.2, 0) is 0 Å². The van der Waals surface area contributed by atoms with Crippen molar-refractivity contribution in [2.75, 3.05) is 5.73 Å². The average Bonchev–Trinajstić information content (AvgIpc) is 3.25. The number of nitrogen functional groups attached to an aromatic ring is 1. The van der Waals surface area contributed by atoms with Crippen LogP contribution < -0.4 is 11.3 Å². The van der Waals surface area contributed by atoms with Crippen molar-refractivity contribution in [1.82, 2.24) is 19.5 Å². The third kappa shape index (κ3) is 2.35. The lowest BCUT2D eigenvalue weighted by Gasteiger charge is -2.39. The fourth-order valence-electron chi connectivity index (χ4n) is 5.64. The van der Waals surface area contributed by atoms with Crippen molar-refractivity contribution in [3.63, 3.8) is 0 Å². The van der Waals surface area contributed by atoms with Crippen LogP contribution in [0.3, 0.4) is 0 Å². The number of fused-ring (bicyclic) bond motifs is 3. The number of nitrogens with two attached hydrogens (primary N) is 1. The van der Waals surface area contributed by atoms with Crippen LogP contribution in [0.15, 0.2) is 59.7 Å². The third-order valence-electron chi connectivity index (χ3n) is 7.09. The summed E-state index contributed by atoms with van der Waals surface area (Å²) in [6.07, 6.45) is -2.77.